The van der Waals surface area contributed by atoms with Gasteiger partial charge in [-0.3, -0.25) is 4.90 Å². The van der Waals surface area contributed by atoms with Gasteiger partial charge in [-0.05, 0) is 103 Å². The van der Waals surface area contributed by atoms with Crippen LogP contribution in [0.3, 0.4) is 0 Å². The van der Waals surface area contributed by atoms with E-state index in [4.69, 9.17) is 28.4 Å². The third-order valence-electron chi connectivity index (χ3n) is 11.8. The number of carbonyl (C=O) groups excluding carboxylic acids is 3. The number of benzene rings is 1. The summed E-state index contributed by atoms with van der Waals surface area (Å²) in [6.45, 7) is 22.5. The van der Waals surface area contributed by atoms with E-state index < -0.39 is 53.4 Å². The SMILES string of the molecule is C=C1CCC2[C@]3(C)COC(C)(C)O[C@@H]3CC[C@@]2(C)[C@@H]1C/C=C1\C(=O)OCC1OC(=O)C1OC(C)(C)N(C(=O)OC(C)(C)C)C1c1ccccc1. The Balaban J connectivity index is 1.22. The van der Waals surface area contributed by atoms with Gasteiger partial charge in [-0.1, -0.05) is 62.4 Å². The normalized spacial score (nSPS) is 37.1. The van der Waals surface area contributed by atoms with Crippen molar-refractivity contribution >= 4 is 18.0 Å². The molecule has 50 heavy (non-hydrogen) atoms. The molecule has 10 heteroatoms. The van der Waals surface area contributed by atoms with Gasteiger partial charge in [0.15, 0.2) is 18.0 Å². The van der Waals surface area contributed by atoms with Crippen LogP contribution in [0.4, 0.5) is 4.79 Å². The molecule has 6 rings (SSSR count). The van der Waals surface area contributed by atoms with Crippen molar-refractivity contribution in [2.75, 3.05) is 13.2 Å². The number of hydrogen-bond acceptors (Lipinski definition) is 9. The zero-order chi connectivity index (χ0) is 36.4. The molecule has 2 aliphatic carbocycles. The third kappa shape index (κ3) is 6.63. The van der Waals surface area contributed by atoms with Crippen LogP contribution in [0.25, 0.3) is 0 Å². The summed E-state index contributed by atoms with van der Waals surface area (Å²) in [5.41, 5.74) is 0.0328. The van der Waals surface area contributed by atoms with E-state index in [-0.39, 0.29) is 29.5 Å². The number of esters is 2. The molecule has 2 saturated carbocycles. The van der Waals surface area contributed by atoms with Crippen LogP contribution in [0.2, 0.25) is 0 Å². The molecule has 5 aliphatic rings. The van der Waals surface area contributed by atoms with Crippen molar-refractivity contribution in [3.8, 4) is 0 Å². The lowest BCUT2D eigenvalue weighted by atomic mass is 9.46. The summed E-state index contributed by atoms with van der Waals surface area (Å²) >= 11 is 0. The highest BCUT2D eigenvalue weighted by Gasteiger charge is 2.61. The Bertz CT molecular complexity index is 1540. The lowest BCUT2D eigenvalue weighted by molar-refractivity contribution is -0.344. The quantitative estimate of drug-likeness (QED) is 0.135. The molecule has 3 saturated heterocycles. The summed E-state index contributed by atoms with van der Waals surface area (Å²) in [4.78, 5) is 42.2. The lowest BCUT2D eigenvalue weighted by Gasteiger charge is -2.63. The van der Waals surface area contributed by atoms with Gasteiger partial charge in [-0.25, -0.2) is 14.4 Å². The Morgan fingerprint density at radius 2 is 1.72 bits per heavy atom. The maximum atomic E-state index is 14.0. The van der Waals surface area contributed by atoms with E-state index in [0.29, 0.717) is 30.1 Å². The van der Waals surface area contributed by atoms with E-state index in [1.165, 1.54) is 10.5 Å². The third-order valence-corrected chi connectivity index (χ3v) is 11.8. The molecule has 0 spiro atoms. The molecule has 4 unspecified atom stereocenters. The largest absolute Gasteiger partial charge is 0.458 e. The molecule has 3 heterocycles. The number of rotatable bonds is 5. The fourth-order valence-electron chi connectivity index (χ4n) is 9.42. The highest BCUT2D eigenvalue weighted by Crippen LogP contribution is 2.63. The minimum absolute atomic E-state index is 0.0716. The smallest absolute Gasteiger partial charge is 0.413 e. The van der Waals surface area contributed by atoms with E-state index >= 15 is 0 Å². The molecule has 1 amide bonds. The summed E-state index contributed by atoms with van der Waals surface area (Å²) < 4.78 is 36.2. The molecular formula is C40H55NO9. The summed E-state index contributed by atoms with van der Waals surface area (Å²) in [5.74, 6) is -1.30. The van der Waals surface area contributed by atoms with Crippen molar-refractivity contribution in [2.45, 2.75) is 136 Å². The van der Waals surface area contributed by atoms with Crippen molar-refractivity contribution in [1.29, 1.82) is 0 Å². The molecule has 0 aromatic heterocycles. The molecule has 1 aromatic rings. The molecule has 3 aliphatic heterocycles. The van der Waals surface area contributed by atoms with Crippen molar-refractivity contribution in [1.82, 2.24) is 4.90 Å². The Kier molecular flexibility index (Phi) is 9.35. The van der Waals surface area contributed by atoms with Gasteiger partial charge in [0, 0.05) is 5.41 Å². The summed E-state index contributed by atoms with van der Waals surface area (Å²) in [5, 5.41) is 0. The first kappa shape index (κ1) is 36.6. The maximum Gasteiger partial charge on any atom is 0.413 e. The van der Waals surface area contributed by atoms with Gasteiger partial charge >= 0.3 is 18.0 Å². The Hall–Kier alpha value is -3.21. The van der Waals surface area contributed by atoms with Crippen molar-refractivity contribution in [3.05, 3.63) is 59.7 Å². The second-order valence-electron chi connectivity index (χ2n) is 17.3. The summed E-state index contributed by atoms with van der Waals surface area (Å²) in [7, 11) is 0. The van der Waals surface area contributed by atoms with E-state index in [9.17, 15) is 14.4 Å². The van der Waals surface area contributed by atoms with Crippen LogP contribution in [-0.4, -0.2) is 71.6 Å². The molecule has 10 nitrogen and oxygen atoms in total. The van der Waals surface area contributed by atoms with Crippen LogP contribution in [-0.2, 0) is 38.0 Å². The van der Waals surface area contributed by atoms with Crippen molar-refractivity contribution < 1.29 is 42.8 Å². The molecule has 0 bridgehead atoms. The zero-order valence-electron chi connectivity index (χ0n) is 31.2. The number of hydrogen-bond donors (Lipinski definition) is 0. The molecule has 274 valence electrons. The number of fused-ring (bicyclic) bond motifs is 3. The molecule has 5 fully saturated rings. The van der Waals surface area contributed by atoms with Gasteiger partial charge in [0.25, 0.3) is 0 Å². The summed E-state index contributed by atoms with van der Waals surface area (Å²) in [6.07, 6.45) is 3.72. The fraction of sp³-hybridized carbons (Fsp3) is 0.675. The predicted octanol–water partition coefficient (Wildman–Crippen LogP) is 7.43. The van der Waals surface area contributed by atoms with Gasteiger partial charge in [0.2, 0.25) is 0 Å². The Morgan fingerprint density at radius 3 is 2.40 bits per heavy atom. The molecule has 0 radical (unpaired) electrons. The topological polar surface area (TPSA) is 110 Å². The number of cyclic esters (lactones) is 1. The number of ether oxygens (including phenoxy) is 6. The Labute approximate surface area is 296 Å². The number of allylic oxidation sites excluding steroid dienone is 2. The monoisotopic (exact) mass is 693 g/mol. The van der Waals surface area contributed by atoms with Crippen LogP contribution in [0.15, 0.2) is 54.1 Å². The van der Waals surface area contributed by atoms with E-state index in [0.717, 1.165) is 25.7 Å². The van der Waals surface area contributed by atoms with Crippen LogP contribution in [0.5, 0.6) is 0 Å². The number of amides is 1. The highest BCUT2D eigenvalue weighted by molar-refractivity contribution is 5.92. The van der Waals surface area contributed by atoms with Crippen LogP contribution >= 0.6 is 0 Å². The molecule has 8 atom stereocenters. The first-order valence-electron chi connectivity index (χ1n) is 18.1. The molecular weight excluding hydrogens is 638 g/mol. The van der Waals surface area contributed by atoms with Gasteiger partial charge in [-0.15, -0.1) is 0 Å². The van der Waals surface area contributed by atoms with E-state index in [2.05, 4.69) is 20.4 Å². The first-order chi connectivity index (χ1) is 23.3. The van der Waals surface area contributed by atoms with Crippen LogP contribution in [0, 0.1) is 22.7 Å². The van der Waals surface area contributed by atoms with Crippen LogP contribution < -0.4 is 0 Å². The second-order valence-corrected chi connectivity index (χ2v) is 17.3. The number of carbonyl (C=O) groups is 3. The minimum Gasteiger partial charge on any atom is -0.458 e. The fourth-order valence-corrected chi connectivity index (χ4v) is 9.42. The average molecular weight is 694 g/mol. The van der Waals surface area contributed by atoms with Crippen molar-refractivity contribution in [3.63, 3.8) is 0 Å². The zero-order valence-corrected chi connectivity index (χ0v) is 31.2. The minimum atomic E-state index is -1.19. The standard InChI is InChI=1S/C40H55NO9/c1-24-16-19-29-39(9,21-20-30-40(29,10)23-46-38(7,8)48-30)27(24)18-17-26-28(22-45-33(26)42)47-34(43)32-31(25-14-12-11-13-15-25)41(37(5,6)49-32)35(44)50-36(2,3)4/h11-15,17,27-32H,1,16,18-23H2,2-10H3/b26-17-/t27-,28?,29?,30-,31?,32?,39+,40+/m1/s1. The predicted molar refractivity (Wildman–Crippen MR) is 185 cm³/mol. The molecule has 1 aromatic carbocycles. The second kappa shape index (κ2) is 12.8. The van der Waals surface area contributed by atoms with Gasteiger partial charge < -0.3 is 28.4 Å². The maximum absolute atomic E-state index is 14.0. The molecule has 0 N–H and O–H groups in total. The van der Waals surface area contributed by atoms with Gasteiger partial charge in [0.05, 0.1) is 18.3 Å². The first-order valence-corrected chi connectivity index (χ1v) is 18.1. The van der Waals surface area contributed by atoms with E-state index in [1.807, 2.05) is 50.3 Å². The van der Waals surface area contributed by atoms with Gasteiger partial charge in [0.1, 0.15) is 24.0 Å². The van der Waals surface area contributed by atoms with Crippen LogP contribution in [0.1, 0.15) is 106 Å². The van der Waals surface area contributed by atoms with Gasteiger partial charge in [-0.2, -0.15) is 0 Å². The average Bonchev–Trinajstić information content (AvgIpc) is 3.51. The Morgan fingerprint density at radius 1 is 1.02 bits per heavy atom. The lowest BCUT2D eigenvalue weighted by Crippen LogP contribution is -2.62. The summed E-state index contributed by atoms with van der Waals surface area (Å²) in [6, 6.07) is 8.40. The van der Waals surface area contributed by atoms with Crippen molar-refractivity contribution in [2.24, 2.45) is 22.7 Å². The van der Waals surface area contributed by atoms with E-state index in [1.54, 1.807) is 34.6 Å². The highest BCUT2D eigenvalue weighted by atomic mass is 16.7. The number of nitrogens with zero attached hydrogens (tertiary/aromatic N) is 1.